The van der Waals surface area contributed by atoms with Gasteiger partial charge in [-0.05, 0) is 38.1 Å². The monoisotopic (exact) mass is 280 g/mol. The molecule has 0 aliphatic carbocycles. The van der Waals surface area contributed by atoms with Crippen LogP contribution in [-0.4, -0.2) is 22.5 Å². The minimum absolute atomic E-state index is 0.682. The molecule has 3 rings (SSSR count). The van der Waals surface area contributed by atoms with E-state index in [9.17, 15) is 0 Å². The first-order chi connectivity index (χ1) is 10.2. The van der Waals surface area contributed by atoms with Crippen molar-refractivity contribution in [2.45, 2.75) is 13.8 Å². The number of pyridine rings is 1. The lowest BCUT2D eigenvalue weighted by atomic mass is 10.1. The third kappa shape index (κ3) is 2.33. The van der Waals surface area contributed by atoms with Crippen LogP contribution in [0.25, 0.3) is 16.9 Å². The van der Waals surface area contributed by atoms with Crippen LogP contribution in [0.4, 0.5) is 11.5 Å². The molecule has 0 aliphatic rings. The molecule has 0 amide bonds. The number of rotatable bonds is 4. The van der Waals surface area contributed by atoms with Crippen molar-refractivity contribution in [1.82, 2.24) is 9.38 Å². The molecule has 2 aromatic heterocycles. The number of nitrogen functional groups attached to an aromatic ring is 1. The van der Waals surface area contributed by atoms with Crippen LogP contribution in [0.15, 0.2) is 48.7 Å². The number of hydrogen-bond donors (Lipinski definition) is 1. The van der Waals surface area contributed by atoms with E-state index in [0.717, 1.165) is 30.0 Å². The predicted octanol–water partition coefficient (Wildman–Crippen LogP) is 3.43. The first kappa shape index (κ1) is 13.5. The van der Waals surface area contributed by atoms with E-state index in [4.69, 9.17) is 5.73 Å². The van der Waals surface area contributed by atoms with Crippen molar-refractivity contribution in [2.24, 2.45) is 0 Å². The molecule has 2 N–H and O–H groups in total. The van der Waals surface area contributed by atoms with Gasteiger partial charge in [-0.15, -0.1) is 0 Å². The summed E-state index contributed by atoms with van der Waals surface area (Å²) in [4.78, 5) is 6.94. The Bertz CT molecular complexity index is 739. The SMILES string of the molecule is CCN(CC)c1ccc(-c2nc3ccccn3c2N)cc1. The molecule has 0 aliphatic heterocycles. The summed E-state index contributed by atoms with van der Waals surface area (Å²) in [5.74, 6) is 0.682. The van der Waals surface area contributed by atoms with Crippen LogP contribution in [-0.2, 0) is 0 Å². The molecular formula is C17H20N4. The number of imidazole rings is 1. The molecule has 0 bridgehead atoms. The molecule has 0 spiro atoms. The van der Waals surface area contributed by atoms with Gasteiger partial charge in [0.25, 0.3) is 0 Å². The largest absolute Gasteiger partial charge is 0.383 e. The molecular weight excluding hydrogens is 260 g/mol. The number of aromatic nitrogens is 2. The third-order valence-electron chi connectivity index (χ3n) is 3.84. The van der Waals surface area contributed by atoms with Gasteiger partial charge < -0.3 is 10.6 Å². The Morgan fingerprint density at radius 3 is 2.38 bits per heavy atom. The minimum Gasteiger partial charge on any atom is -0.383 e. The maximum absolute atomic E-state index is 6.21. The van der Waals surface area contributed by atoms with Gasteiger partial charge in [-0.2, -0.15) is 0 Å². The fourth-order valence-electron chi connectivity index (χ4n) is 2.65. The lowest BCUT2D eigenvalue weighted by Crippen LogP contribution is -2.21. The lowest BCUT2D eigenvalue weighted by molar-refractivity contribution is 0.866. The Morgan fingerprint density at radius 1 is 1.05 bits per heavy atom. The van der Waals surface area contributed by atoms with Gasteiger partial charge in [-0.25, -0.2) is 4.98 Å². The summed E-state index contributed by atoms with van der Waals surface area (Å²) < 4.78 is 1.91. The third-order valence-corrected chi connectivity index (χ3v) is 3.84. The van der Waals surface area contributed by atoms with E-state index in [1.807, 2.05) is 28.8 Å². The van der Waals surface area contributed by atoms with E-state index in [0.29, 0.717) is 5.82 Å². The Kier molecular flexibility index (Phi) is 3.52. The van der Waals surface area contributed by atoms with Crippen molar-refractivity contribution in [3.63, 3.8) is 0 Å². The molecule has 4 nitrogen and oxygen atoms in total. The van der Waals surface area contributed by atoms with E-state index < -0.39 is 0 Å². The highest BCUT2D eigenvalue weighted by Gasteiger charge is 2.11. The second-order valence-electron chi connectivity index (χ2n) is 4.99. The number of nitrogens with zero attached hydrogens (tertiary/aromatic N) is 3. The van der Waals surface area contributed by atoms with Crippen molar-refractivity contribution in [2.75, 3.05) is 23.7 Å². The zero-order chi connectivity index (χ0) is 14.8. The Labute approximate surface area is 124 Å². The molecule has 2 heterocycles. The Balaban J connectivity index is 2.01. The molecule has 0 fully saturated rings. The molecule has 108 valence electrons. The number of benzene rings is 1. The maximum Gasteiger partial charge on any atom is 0.139 e. The number of hydrogen-bond acceptors (Lipinski definition) is 3. The van der Waals surface area contributed by atoms with Gasteiger partial charge in [0.15, 0.2) is 0 Å². The first-order valence-corrected chi connectivity index (χ1v) is 7.32. The van der Waals surface area contributed by atoms with Crippen molar-refractivity contribution in [3.05, 3.63) is 48.7 Å². The molecule has 3 aromatic rings. The smallest absolute Gasteiger partial charge is 0.139 e. The molecule has 0 saturated heterocycles. The van der Waals surface area contributed by atoms with Gasteiger partial charge in [0.2, 0.25) is 0 Å². The van der Waals surface area contributed by atoms with Gasteiger partial charge in [-0.1, -0.05) is 18.2 Å². The van der Waals surface area contributed by atoms with Crippen LogP contribution in [0.1, 0.15) is 13.8 Å². The van der Waals surface area contributed by atoms with Crippen LogP contribution in [0.2, 0.25) is 0 Å². The predicted molar refractivity (Wildman–Crippen MR) is 88.6 cm³/mol. The maximum atomic E-state index is 6.21. The van der Waals surface area contributed by atoms with Crippen molar-refractivity contribution in [1.29, 1.82) is 0 Å². The van der Waals surface area contributed by atoms with Gasteiger partial charge >= 0.3 is 0 Å². The number of anilines is 2. The summed E-state index contributed by atoms with van der Waals surface area (Å²) in [5.41, 5.74) is 10.2. The van der Waals surface area contributed by atoms with E-state index >= 15 is 0 Å². The van der Waals surface area contributed by atoms with Crippen LogP contribution in [0.3, 0.4) is 0 Å². The van der Waals surface area contributed by atoms with Crippen molar-refractivity contribution in [3.8, 4) is 11.3 Å². The fraction of sp³-hybridized carbons (Fsp3) is 0.235. The summed E-state index contributed by atoms with van der Waals surface area (Å²) >= 11 is 0. The van der Waals surface area contributed by atoms with Gasteiger partial charge in [0.1, 0.15) is 17.2 Å². The summed E-state index contributed by atoms with van der Waals surface area (Å²) in [6.07, 6.45) is 1.94. The second-order valence-corrected chi connectivity index (χ2v) is 4.99. The van der Waals surface area contributed by atoms with Gasteiger partial charge in [-0.3, -0.25) is 4.40 Å². The van der Waals surface area contributed by atoms with Crippen LogP contribution in [0, 0.1) is 0 Å². The standard InChI is InChI=1S/C17H20N4/c1-3-20(4-2)14-10-8-13(9-11-14)16-17(18)21-12-6-5-7-15(21)19-16/h5-12H,3-4,18H2,1-2H3. The first-order valence-electron chi connectivity index (χ1n) is 7.32. The topological polar surface area (TPSA) is 46.6 Å². The molecule has 21 heavy (non-hydrogen) atoms. The highest BCUT2D eigenvalue weighted by molar-refractivity contribution is 5.75. The molecule has 0 atom stereocenters. The average Bonchev–Trinajstić information content (AvgIpc) is 2.87. The second kappa shape index (κ2) is 5.48. The Hall–Kier alpha value is -2.49. The summed E-state index contributed by atoms with van der Waals surface area (Å²) in [7, 11) is 0. The molecule has 0 saturated carbocycles. The summed E-state index contributed by atoms with van der Waals surface area (Å²) in [6, 6.07) is 14.3. The molecule has 1 aromatic carbocycles. The van der Waals surface area contributed by atoms with Crippen molar-refractivity contribution >= 4 is 17.2 Å². The highest BCUT2D eigenvalue weighted by Crippen LogP contribution is 2.28. The molecule has 0 unspecified atom stereocenters. The van der Waals surface area contributed by atoms with E-state index in [1.165, 1.54) is 5.69 Å². The summed E-state index contributed by atoms with van der Waals surface area (Å²) in [5, 5.41) is 0. The minimum atomic E-state index is 0.682. The van der Waals surface area contributed by atoms with E-state index in [1.54, 1.807) is 0 Å². The van der Waals surface area contributed by atoms with Crippen LogP contribution < -0.4 is 10.6 Å². The van der Waals surface area contributed by atoms with Gasteiger partial charge in [0, 0.05) is 30.5 Å². The van der Waals surface area contributed by atoms with Crippen molar-refractivity contribution < 1.29 is 0 Å². The highest BCUT2D eigenvalue weighted by atomic mass is 15.1. The lowest BCUT2D eigenvalue weighted by Gasteiger charge is -2.21. The number of fused-ring (bicyclic) bond motifs is 1. The van der Waals surface area contributed by atoms with Crippen LogP contribution >= 0.6 is 0 Å². The number of nitrogens with two attached hydrogens (primary N) is 1. The normalized spacial score (nSPS) is 11.0. The summed E-state index contributed by atoms with van der Waals surface area (Å²) in [6.45, 7) is 6.34. The Morgan fingerprint density at radius 2 is 1.76 bits per heavy atom. The van der Waals surface area contributed by atoms with E-state index in [-0.39, 0.29) is 0 Å². The quantitative estimate of drug-likeness (QED) is 0.796. The van der Waals surface area contributed by atoms with E-state index in [2.05, 4.69) is 48.0 Å². The van der Waals surface area contributed by atoms with Gasteiger partial charge in [0.05, 0.1) is 0 Å². The zero-order valence-corrected chi connectivity index (χ0v) is 12.5. The molecule has 0 radical (unpaired) electrons. The average molecular weight is 280 g/mol. The molecule has 4 heteroatoms. The van der Waals surface area contributed by atoms with Crippen LogP contribution in [0.5, 0.6) is 0 Å². The zero-order valence-electron chi connectivity index (χ0n) is 12.5. The fourth-order valence-corrected chi connectivity index (χ4v) is 2.65.